The molecule has 0 N–H and O–H groups in total. The van der Waals surface area contributed by atoms with E-state index in [4.69, 9.17) is 4.74 Å². The summed E-state index contributed by atoms with van der Waals surface area (Å²) in [4.78, 5) is 22.5. The lowest BCUT2D eigenvalue weighted by molar-refractivity contribution is -0.126. The molecule has 4 atom stereocenters. The second-order valence-corrected chi connectivity index (χ2v) is 7.17. The van der Waals surface area contributed by atoms with E-state index in [9.17, 15) is 4.79 Å². The molecule has 4 heterocycles. The van der Waals surface area contributed by atoms with E-state index < -0.39 is 0 Å². The smallest absolute Gasteiger partial charge is 0.273 e. The van der Waals surface area contributed by atoms with E-state index in [0.29, 0.717) is 30.3 Å². The van der Waals surface area contributed by atoms with Crippen LogP contribution in [0.25, 0.3) is 0 Å². The maximum absolute atomic E-state index is 13.3. The number of amides is 1. The molecule has 1 amide bonds. The first kappa shape index (κ1) is 13.5. The average molecular weight is 311 g/mol. The van der Waals surface area contributed by atoms with Crippen molar-refractivity contribution in [2.24, 2.45) is 10.9 Å². The monoisotopic (exact) mass is 311 g/mol. The molecule has 0 aromatic heterocycles. The van der Waals surface area contributed by atoms with Crippen molar-refractivity contribution >= 4 is 11.6 Å². The van der Waals surface area contributed by atoms with Gasteiger partial charge in [0.2, 0.25) is 0 Å². The molecule has 0 spiro atoms. The number of hydrogen-bond acceptors (Lipinski definition) is 4. The number of piperidine rings is 2. The van der Waals surface area contributed by atoms with Crippen molar-refractivity contribution in [3.63, 3.8) is 0 Å². The van der Waals surface area contributed by atoms with Gasteiger partial charge in [0.05, 0.1) is 13.7 Å². The maximum Gasteiger partial charge on any atom is 0.273 e. The van der Waals surface area contributed by atoms with Crippen LogP contribution in [0.3, 0.4) is 0 Å². The molecule has 3 saturated heterocycles. The quantitative estimate of drug-likeness (QED) is 0.827. The predicted molar refractivity (Wildman–Crippen MR) is 86.8 cm³/mol. The fourth-order valence-electron chi connectivity index (χ4n) is 4.96. The zero-order chi connectivity index (χ0) is 15.6. The lowest BCUT2D eigenvalue weighted by Gasteiger charge is -2.35. The van der Waals surface area contributed by atoms with Gasteiger partial charge in [0, 0.05) is 37.3 Å². The van der Waals surface area contributed by atoms with Crippen LogP contribution in [0.5, 0.6) is 5.75 Å². The lowest BCUT2D eigenvalue weighted by atomic mass is 9.89. The molecule has 3 fully saturated rings. The van der Waals surface area contributed by atoms with Crippen LogP contribution in [0.4, 0.5) is 0 Å². The SMILES string of the molecule is COc1ccc2c(c1)C(C(=O)N1C3CC4CN(CCC41)C3)=NC2. The van der Waals surface area contributed by atoms with Crippen molar-refractivity contribution in [1.29, 1.82) is 0 Å². The van der Waals surface area contributed by atoms with Crippen LogP contribution in [0.2, 0.25) is 0 Å². The molecular formula is C18H21N3O2. The summed E-state index contributed by atoms with van der Waals surface area (Å²) in [5, 5.41) is 0. The van der Waals surface area contributed by atoms with Crippen molar-refractivity contribution in [1.82, 2.24) is 9.80 Å². The Kier molecular flexibility index (Phi) is 2.83. The molecular weight excluding hydrogens is 290 g/mol. The summed E-state index contributed by atoms with van der Waals surface area (Å²) in [7, 11) is 1.66. The summed E-state index contributed by atoms with van der Waals surface area (Å²) < 4.78 is 5.32. The number of hydrogen-bond donors (Lipinski definition) is 0. The first-order valence-electron chi connectivity index (χ1n) is 8.51. The molecule has 5 heteroatoms. The van der Waals surface area contributed by atoms with Gasteiger partial charge in [0.15, 0.2) is 0 Å². The van der Waals surface area contributed by atoms with Crippen LogP contribution in [-0.4, -0.2) is 60.2 Å². The molecule has 1 aromatic carbocycles. The molecule has 0 radical (unpaired) electrons. The Labute approximate surface area is 135 Å². The van der Waals surface area contributed by atoms with E-state index in [2.05, 4.69) is 14.8 Å². The highest BCUT2D eigenvalue weighted by molar-refractivity contribution is 6.46. The van der Waals surface area contributed by atoms with Crippen LogP contribution in [0.1, 0.15) is 24.0 Å². The number of benzene rings is 1. The number of nitrogens with zero attached hydrogens (tertiary/aromatic N) is 3. The Bertz CT molecular complexity index is 714. The minimum absolute atomic E-state index is 0.137. The normalized spacial score (nSPS) is 33.6. The Balaban J connectivity index is 1.49. The van der Waals surface area contributed by atoms with E-state index in [1.165, 1.54) is 13.0 Å². The number of carbonyl (C=O) groups is 1. The molecule has 4 aliphatic rings. The number of ether oxygens (including phenoxy) is 1. The van der Waals surface area contributed by atoms with Crippen molar-refractivity contribution in [2.75, 3.05) is 26.7 Å². The van der Waals surface area contributed by atoms with Gasteiger partial charge < -0.3 is 14.5 Å². The Morgan fingerprint density at radius 2 is 2.26 bits per heavy atom. The summed E-state index contributed by atoms with van der Waals surface area (Å²) in [5.74, 6) is 1.59. The largest absolute Gasteiger partial charge is 0.497 e. The van der Waals surface area contributed by atoms with E-state index >= 15 is 0 Å². The minimum atomic E-state index is 0.137. The second kappa shape index (κ2) is 4.81. The molecule has 5 nitrogen and oxygen atoms in total. The van der Waals surface area contributed by atoms with E-state index in [0.717, 1.165) is 36.4 Å². The van der Waals surface area contributed by atoms with Crippen molar-refractivity contribution < 1.29 is 9.53 Å². The second-order valence-electron chi connectivity index (χ2n) is 7.17. The number of methoxy groups -OCH3 is 1. The molecule has 4 aliphatic heterocycles. The van der Waals surface area contributed by atoms with E-state index in [-0.39, 0.29) is 5.91 Å². The van der Waals surface area contributed by atoms with E-state index in [1.807, 2.05) is 18.2 Å². The summed E-state index contributed by atoms with van der Waals surface area (Å²) in [6, 6.07) is 6.73. The van der Waals surface area contributed by atoms with Gasteiger partial charge >= 0.3 is 0 Å². The number of fused-ring (bicyclic) bond motifs is 3. The maximum atomic E-state index is 13.3. The zero-order valence-electron chi connectivity index (χ0n) is 13.4. The Morgan fingerprint density at radius 1 is 1.35 bits per heavy atom. The molecule has 120 valence electrons. The Morgan fingerprint density at radius 3 is 3.13 bits per heavy atom. The highest BCUT2D eigenvalue weighted by Crippen LogP contribution is 2.41. The molecule has 0 saturated carbocycles. The molecule has 4 unspecified atom stereocenters. The van der Waals surface area contributed by atoms with Gasteiger partial charge in [-0.2, -0.15) is 0 Å². The minimum Gasteiger partial charge on any atom is -0.497 e. The lowest BCUT2D eigenvalue weighted by Crippen LogP contribution is -2.45. The summed E-state index contributed by atoms with van der Waals surface area (Å²) in [6.07, 6.45) is 2.29. The predicted octanol–water partition coefficient (Wildman–Crippen LogP) is 1.30. The highest BCUT2D eigenvalue weighted by atomic mass is 16.5. The van der Waals surface area contributed by atoms with Gasteiger partial charge in [0.1, 0.15) is 11.5 Å². The number of rotatable bonds is 2. The number of likely N-dealkylation sites (tertiary alicyclic amines) is 1. The molecule has 1 aromatic rings. The molecule has 0 aliphatic carbocycles. The average Bonchev–Trinajstić information content (AvgIpc) is 3.06. The van der Waals surface area contributed by atoms with Gasteiger partial charge in [-0.3, -0.25) is 9.79 Å². The van der Waals surface area contributed by atoms with Crippen molar-refractivity contribution in [3.05, 3.63) is 29.3 Å². The van der Waals surface area contributed by atoms with Crippen LogP contribution in [0.15, 0.2) is 23.2 Å². The number of carbonyl (C=O) groups excluding carboxylic acids is 1. The third-order valence-electron chi connectivity index (χ3n) is 5.99. The van der Waals surface area contributed by atoms with Crippen LogP contribution >= 0.6 is 0 Å². The van der Waals surface area contributed by atoms with Gasteiger partial charge in [-0.25, -0.2) is 0 Å². The van der Waals surface area contributed by atoms with Gasteiger partial charge in [-0.15, -0.1) is 0 Å². The standard InChI is InChI=1S/C18H21N3O2/c1-23-14-3-2-11-8-19-17(15(11)7-14)18(22)21-13-6-12-9-20(10-13)5-4-16(12)21/h2-3,7,12-13,16H,4-6,8-10H2,1H3. The summed E-state index contributed by atoms with van der Waals surface area (Å²) in [6.45, 7) is 3.95. The van der Waals surface area contributed by atoms with Crippen LogP contribution in [-0.2, 0) is 11.3 Å². The Hall–Kier alpha value is -1.88. The molecule has 5 rings (SSSR count). The first-order valence-corrected chi connectivity index (χ1v) is 8.51. The van der Waals surface area contributed by atoms with Crippen molar-refractivity contribution in [3.8, 4) is 5.75 Å². The summed E-state index contributed by atoms with van der Waals surface area (Å²) in [5.41, 5.74) is 2.74. The highest BCUT2D eigenvalue weighted by Gasteiger charge is 2.51. The van der Waals surface area contributed by atoms with Gasteiger partial charge in [-0.05, 0) is 36.5 Å². The van der Waals surface area contributed by atoms with Crippen LogP contribution in [0, 0.1) is 5.92 Å². The third-order valence-corrected chi connectivity index (χ3v) is 5.99. The molecule has 23 heavy (non-hydrogen) atoms. The molecule has 3 bridgehead atoms. The fourth-order valence-corrected chi connectivity index (χ4v) is 4.96. The first-order chi connectivity index (χ1) is 11.2. The van der Waals surface area contributed by atoms with Crippen LogP contribution < -0.4 is 4.74 Å². The van der Waals surface area contributed by atoms with Gasteiger partial charge in [-0.1, -0.05) is 6.07 Å². The summed E-state index contributed by atoms with van der Waals surface area (Å²) >= 11 is 0. The number of aliphatic imine (C=N–C) groups is 1. The zero-order valence-corrected chi connectivity index (χ0v) is 13.4. The van der Waals surface area contributed by atoms with Crippen molar-refractivity contribution in [2.45, 2.75) is 31.5 Å². The fraction of sp³-hybridized carbons (Fsp3) is 0.556. The van der Waals surface area contributed by atoms with Gasteiger partial charge in [0.25, 0.3) is 5.91 Å². The van der Waals surface area contributed by atoms with E-state index in [1.54, 1.807) is 7.11 Å². The topological polar surface area (TPSA) is 45.1 Å². The third kappa shape index (κ3) is 1.89.